The van der Waals surface area contributed by atoms with Crippen LogP contribution in [0.3, 0.4) is 0 Å². The molecule has 1 aliphatic heterocycles. The van der Waals surface area contributed by atoms with E-state index in [4.69, 9.17) is 5.73 Å². The van der Waals surface area contributed by atoms with Gasteiger partial charge < -0.3 is 10.3 Å². The van der Waals surface area contributed by atoms with Crippen LogP contribution in [0.15, 0.2) is 24.5 Å². The number of nitrogens with zero attached hydrogens (tertiary/aromatic N) is 4. The molecule has 0 saturated heterocycles. The minimum atomic E-state index is -0.563. The molecule has 0 aliphatic carbocycles. The summed E-state index contributed by atoms with van der Waals surface area (Å²) in [6, 6.07) is 3.37. The molecule has 1 aromatic carbocycles. The fourth-order valence-electron chi connectivity index (χ4n) is 2.63. The van der Waals surface area contributed by atoms with E-state index >= 15 is 0 Å². The number of fused-ring (bicyclic) bond motifs is 1. The summed E-state index contributed by atoms with van der Waals surface area (Å²) in [7, 11) is 0. The van der Waals surface area contributed by atoms with Crippen LogP contribution in [0.5, 0.6) is 0 Å². The van der Waals surface area contributed by atoms with Gasteiger partial charge in [-0.15, -0.1) is 10.2 Å². The first kappa shape index (κ1) is 13.1. The molecule has 0 amide bonds. The highest BCUT2D eigenvalue weighted by atomic mass is 19.1. The van der Waals surface area contributed by atoms with Gasteiger partial charge in [0.2, 0.25) is 0 Å². The Morgan fingerprint density at radius 2 is 2.00 bits per heavy atom. The summed E-state index contributed by atoms with van der Waals surface area (Å²) in [4.78, 5) is 1.94. The van der Waals surface area contributed by atoms with Crippen LogP contribution in [-0.4, -0.2) is 32.8 Å². The van der Waals surface area contributed by atoms with Crippen molar-refractivity contribution in [3.63, 3.8) is 0 Å². The van der Waals surface area contributed by atoms with Crippen molar-refractivity contribution in [2.45, 2.75) is 19.1 Å². The molecular formula is C13H15F2N5. The summed E-state index contributed by atoms with van der Waals surface area (Å²) in [5.74, 6) is -0.341. The lowest BCUT2D eigenvalue weighted by Crippen LogP contribution is -2.40. The Bertz CT molecular complexity index is 592. The number of benzene rings is 1. The Morgan fingerprint density at radius 1 is 1.25 bits per heavy atom. The first-order valence-electron chi connectivity index (χ1n) is 6.45. The van der Waals surface area contributed by atoms with Crippen LogP contribution in [0.25, 0.3) is 0 Å². The summed E-state index contributed by atoms with van der Waals surface area (Å²) < 4.78 is 29.8. The summed E-state index contributed by atoms with van der Waals surface area (Å²) >= 11 is 0. The fourth-order valence-corrected chi connectivity index (χ4v) is 2.63. The normalized spacial score (nSPS) is 16.9. The van der Waals surface area contributed by atoms with Gasteiger partial charge in [0.05, 0.1) is 12.6 Å². The Kier molecular flexibility index (Phi) is 3.45. The highest BCUT2D eigenvalue weighted by Gasteiger charge is 2.28. The number of nitrogens with two attached hydrogens (primary N) is 1. The van der Waals surface area contributed by atoms with E-state index in [1.54, 1.807) is 6.33 Å². The van der Waals surface area contributed by atoms with E-state index in [1.807, 2.05) is 9.47 Å². The summed E-state index contributed by atoms with van der Waals surface area (Å²) in [6.07, 6.45) is 1.66. The Balaban J connectivity index is 1.92. The molecule has 0 saturated carbocycles. The molecule has 0 radical (unpaired) electrons. The minimum absolute atomic E-state index is 0.0305. The molecule has 0 bridgehead atoms. The van der Waals surface area contributed by atoms with Gasteiger partial charge in [0, 0.05) is 25.2 Å². The van der Waals surface area contributed by atoms with Crippen LogP contribution in [0.4, 0.5) is 8.78 Å². The number of rotatable bonds is 3. The molecule has 0 spiro atoms. The maximum absolute atomic E-state index is 13.9. The van der Waals surface area contributed by atoms with Crippen molar-refractivity contribution in [2.75, 3.05) is 13.1 Å². The van der Waals surface area contributed by atoms with E-state index in [0.29, 0.717) is 19.6 Å². The quantitative estimate of drug-likeness (QED) is 0.913. The average Bonchev–Trinajstić information content (AvgIpc) is 2.90. The zero-order valence-electron chi connectivity index (χ0n) is 10.8. The van der Waals surface area contributed by atoms with Gasteiger partial charge in [-0.3, -0.25) is 4.90 Å². The number of halogens is 2. The van der Waals surface area contributed by atoms with Crippen molar-refractivity contribution in [3.05, 3.63) is 47.5 Å². The van der Waals surface area contributed by atoms with Gasteiger partial charge in [-0.2, -0.15) is 0 Å². The van der Waals surface area contributed by atoms with Crippen LogP contribution in [0, 0.1) is 11.6 Å². The third-order valence-electron chi connectivity index (χ3n) is 3.67. The highest BCUT2D eigenvalue weighted by Crippen LogP contribution is 2.27. The third kappa shape index (κ3) is 2.19. The van der Waals surface area contributed by atoms with Crippen LogP contribution in [-0.2, 0) is 13.1 Å². The van der Waals surface area contributed by atoms with Crippen molar-refractivity contribution >= 4 is 0 Å². The highest BCUT2D eigenvalue weighted by molar-refractivity contribution is 5.24. The predicted octanol–water partition coefficient (Wildman–Crippen LogP) is 1.07. The van der Waals surface area contributed by atoms with Crippen LogP contribution < -0.4 is 5.73 Å². The van der Waals surface area contributed by atoms with Crippen molar-refractivity contribution in [1.82, 2.24) is 19.7 Å². The van der Waals surface area contributed by atoms with Crippen LogP contribution in [0.2, 0.25) is 0 Å². The number of hydrogen-bond donors (Lipinski definition) is 1. The Labute approximate surface area is 115 Å². The second kappa shape index (κ2) is 5.26. The molecule has 3 rings (SSSR count). The van der Waals surface area contributed by atoms with Gasteiger partial charge in [0.15, 0.2) is 0 Å². The number of hydrogen-bond acceptors (Lipinski definition) is 4. The van der Waals surface area contributed by atoms with Crippen molar-refractivity contribution in [3.8, 4) is 0 Å². The minimum Gasteiger partial charge on any atom is -0.329 e. The van der Waals surface area contributed by atoms with Crippen LogP contribution in [0.1, 0.15) is 17.4 Å². The molecule has 0 fully saturated rings. The lowest BCUT2D eigenvalue weighted by molar-refractivity contribution is 0.150. The molecule has 7 heteroatoms. The molecular weight excluding hydrogens is 264 g/mol. The van der Waals surface area contributed by atoms with Gasteiger partial charge in [0.1, 0.15) is 23.8 Å². The molecule has 1 aliphatic rings. The molecule has 1 unspecified atom stereocenters. The van der Waals surface area contributed by atoms with E-state index < -0.39 is 17.7 Å². The lowest BCUT2D eigenvalue weighted by Gasteiger charge is -2.34. The summed E-state index contributed by atoms with van der Waals surface area (Å²) in [5.41, 5.74) is 5.78. The van der Waals surface area contributed by atoms with Gasteiger partial charge >= 0.3 is 0 Å². The van der Waals surface area contributed by atoms with Crippen molar-refractivity contribution in [1.29, 1.82) is 0 Å². The monoisotopic (exact) mass is 279 g/mol. The Morgan fingerprint density at radius 3 is 2.70 bits per heavy atom. The molecule has 2 N–H and O–H groups in total. The van der Waals surface area contributed by atoms with E-state index in [1.165, 1.54) is 18.2 Å². The average molecular weight is 279 g/mol. The summed E-state index contributed by atoms with van der Waals surface area (Å²) in [5, 5.41) is 7.84. The van der Waals surface area contributed by atoms with E-state index in [0.717, 1.165) is 5.82 Å². The smallest absolute Gasteiger partial charge is 0.147 e. The summed E-state index contributed by atoms with van der Waals surface area (Å²) in [6.45, 7) is 1.97. The maximum Gasteiger partial charge on any atom is 0.147 e. The van der Waals surface area contributed by atoms with Crippen molar-refractivity contribution in [2.24, 2.45) is 5.73 Å². The standard InChI is InChI=1S/C13H15F2N5/c14-9-2-1-3-10(15)13(9)11(6-16)19-4-5-20-8-17-18-12(20)7-19/h1-3,8,11H,4-7,16H2. The molecule has 20 heavy (non-hydrogen) atoms. The molecule has 1 atom stereocenters. The first-order chi connectivity index (χ1) is 9.70. The number of aromatic nitrogens is 3. The second-order valence-electron chi connectivity index (χ2n) is 4.80. The molecule has 5 nitrogen and oxygen atoms in total. The maximum atomic E-state index is 13.9. The second-order valence-corrected chi connectivity index (χ2v) is 4.80. The van der Waals surface area contributed by atoms with Gasteiger partial charge in [0.25, 0.3) is 0 Å². The molecule has 2 aromatic rings. The largest absolute Gasteiger partial charge is 0.329 e. The first-order valence-corrected chi connectivity index (χ1v) is 6.45. The van der Waals surface area contributed by atoms with Gasteiger partial charge in [-0.25, -0.2) is 8.78 Å². The van der Waals surface area contributed by atoms with Crippen molar-refractivity contribution < 1.29 is 8.78 Å². The Hall–Kier alpha value is -1.86. The topological polar surface area (TPSA) is 60.0 Å². The lowest BCUT2D eigenvalue weighted by atomic mass is 10.0. The van der Waals surface area contributed by atoms with E-state index in [-0.39, 0.29) is 12.1 Å². The molecule has 106 valence electrons. The third-order valence-corrected chi connectivity index (χ3v) is 3.67. The van der Waals surface area contributed by atoms with Gasteiger partial charge in [-0.1, -0.05) is 6.07 Å². The fraction of sp³-hybridized carbons (Fsp3) is 0.385. The van der Waals surface area contributed by atoms with E-state index in [9.17, 15) is 8.78 Å². The van der Waals surface area contributed by atoms with E-state index in [2.05, 4.69) is 10.2 Å². The predicted molar refractivity (Wildman–Crippen MR) is 68.6 cm³/mol. The molecule has 1 aromatic heterocycles. The SMILES string of the molecule is NCC(c1c(F)cccc1F)N1CCn2cnnc2C1. The zero-order valence-corrected chi connectivity index (χ0v) is 10.8. The molecule has 2 heterocycles. The van der Waals surface area contributed by atoms with Gasteiger partial charge in [-0.05, 0) is 12.1 Å². The zero-order chi connectivity index (χ0) is 14.1. The van der Waals surface area contributed by atoms with Crippen LogP contribution >= 0.6 is 0 Å².